The number of rotatable bonds is 8. The fourth-order valence-corrected chi connectivity index (χ4v) is 2.82. The smallest absolute Gasteiger partial charge is 0.191 e. The van der Waals surface area contributed by atoms with E-state index in [1.54, 1.807) is 7.05 Å². The fraction of sp³-hybridized carbons (Fsp3) is 0.562. The molecule has 1 rings (SSSR count). The summed E-state index contributed by atoms with van der Waals surface area (Å²) in [5.74, 6) is 0.903. The van der Waals surface area contributed by atoms with Crippen LogP contribution in [-0.4, -0.2) is 46.0 Å². The molecule has 0 spiro atoms. The monoisotopic (exact) mass is 325 g/mol. The maximum absolute atomic E-state index is 11.2. The van der Waals surface area contributed by atoms with Gasteiger partial charge in [0, 0.05) is 25.9 Å². The van der Waals surface area contributed by atoms with Crippen LogP contribution in [0, 0.1) is 0 Å². The third-order valence-corrected chi connectivity index (χ3v) is 4.28. The minimum absolute atomic E-state index is 0.0649. The maximum Gasteiger partial charge on any atom is 0.191 e. The second-order valence-corrected chi connectivity index (χ2v) is 7.81. The van der Waals surface area contributed by atoms with E-state index < -0.39 is 9.84 Å². The van der Waals surface area contributed by atoms with Crippen LogP contribution in [0.2, 0.25) is 0 Å². The van der Waals surface area contributed by atoms with Gasteiger partial charge >= 0.3 is 0 Å². The van der Waals surface area contributed by atoms with Crippen molar-refractivity contribution in [2.45, 2.75) is 32.2 Å². The van der Waals surface area contributed by atoms with Gasteiger partial charge in [-0.3, -0.25) is 4.99 Å². The standard InChI is InChI=1S/C16H27N3O2S/c1-14(11-13-22(3,20)21)19-16(17-2)18-12-7-10-15-8-5-4-6-9-15/h4-6,8-9,14H,7,10-13H2,1-3H3,(H2,17,18,19). The normalized spacial score (nSPS) is 13.7. The number of guanidine groups is 1. The SMILES string of the molecule is CN=C(NCCCc1ccccc1)NC(C)CCS(C)(=O)=O. The molecule has 0 aliphatic carbocycles. The molecule has 1 aromatic rings. The van der Waals surface area contributed by atoms with Gasteiger partial charge in [-0.2, -0.15) is 0 Å². The summed E-state index contributed by atoms with van der Waals surface area (Å²) in [7, 11) is -1.20. The summed E-state index contributed by atoms with van der Waals surface area (Å²) in [6.07, 6.45) is 3.87. The van der Waals surface area contributed by atoms with E-state index in [2.05, 4.69) is 27.8 Å². The Bertz CT molecular complexity index is 556. The molecule has 0 aromatic heterocycles. The molecule has 0 fully saturated rings. The van der Waals surface area contributed by atoms with Gasteiger partial charge in [0.2, 0.25) is 0 Å². The van der Waals surface area contributed by atoms with E-state index >= 15 is 0 Å². The van der Waals surface area contributed by atoms with Gasteiger partial charge in [-0.1, -0.05) is 30.3 Å². The molecular formula is C16H27N3O2S. The second-order valence-electron chi connectivity index (χ2n) is 5.55. The van der Waals surface area contributed by atoms with Crippen molar-refractivity contribution in [3.63, 3.8) is 0 Å². The van der Waals surface area contributed by atoms with E-state index in [-0.39, 0.29) is 11.8 Å². The fourth-order valence-electron chi connectivity index (χ4n) is 2.04. The van der Waals surface area contributed by atoms with Gasteiger partial charge in [-0.25, -0.2) is 8.42 Å². The van der Waals surface area contributed by atoms with Crippen LogP contribution in [-0.2, 0) is 16.3 Å². The van der Waals surface area contributed by atoms with E-state index in [1.165, 1.54) is 11.8 Å². The Morgan fingerprint density at radius 3 is 2.55 bits per heavy atom. The zero-order valence-electron chi connectivity index (χ0n) is 13.7. The molecule has 0 saturated heterocycles. The molecule has 0 aliphatic heterocycles. The van der Waals surface area contributed by atoms with Crippen LogP contribution in [0.5, 0.6) is 0 Å². The first kappa shape index (κ1) is 18.5. The van der Waals surface area contributed by atoms with Crippen molar-refractivity contribution in [1.82, 2.24) is 10.6 Å². The Hall–Kier alpha value is -1.56. The summed E-state index contributed by atoms with van der Waals surface area (Å²) in [6.45, 7) is 2.79. The van der Waals surface area contributed by atoms with Crippen LogP contribution in [0.15, 0.2) is 35.3 Å². The zero-order valence-corrected chi connectivity index (χ0v) is 14.5. The van der Waals surface area contributed by atoms with Gasteiger partial charge in [0.05, 0.1) is 5.75 Å². The first-order chi connectivity index (χ1) is 10.4. The highest BCUT2D eigenvalue weighted by Crippen LogP contribution is 2.01. The van der Waals surface area contributed by atoms with E-state index in [1.807, 2.05) is 25.1 Å². The van der Waals surface area contributed by atoms with Crippen molar-refractivity contribution in [2.24, 2.45) is 4.99 Å². The molecule has 0 heterocycles. The number of hydrogen-bond acceptors (Lipinski definition) is 3. The molecule has 0 aliphatic rings. The van der Waals surface area contributed by atoms with Crippen molar-refractivity contribution in [3.8, 4) is 0 Å². The van der Waals surface area contributed by atoms with Crippen LogP contribution >= 0.6 is 0 Å². The Labute approximate surface area is 134 Å². The van der Waals surface area contributed by atoms with Crippen molar-refractivity contribution in [2.75, 3.05) is 25.6 Å². The second kappa shape index (κ2) is 9.46. The molecule has 1 atom stereocenters. The molecule has 124 valence electrons. The quantitative estimate of drug-likeness (QED) is 0.433. The number of aryl methyl sites for hydroxylation is 1. The minimum atomic E-state index is -2.91. The van der Waals surface area contributed by atoms with Crippen LogP contribution in [0.3, 0.4) is 0 Å². The summed E-state index contributed by atoms with van der Waals surface area (Å²) in [5.41, 5.74) is 1.33. The number of nitrogens with one attached hydrogen (secondary N) is 2. The molecular weight excluding hydrogens is 298 g/mol. The third-order valence-electron chi connectivity index (χ3n) is 3.31. The van der Waals surface area contributed by atoms with Crippen molar-refractivity contribution >= 4 is 15.8 Å². The lowest BCUT2D eigenvalue weighted by molar-refractivity contribution is 0.580. The number of aliphatic imine (C=N–C) groups is 1. The molecule has 6 heteroatoms. The summed E-state index contributed by atoms with van der Waals surface area (Å²) in [6, 6.07) is 10.4. The summed E-state index contributed by atoms with van der Waals surface area (Å²) in [4.78, 5) is 4.16. The number of hydrogen-bond donors (Lipinski definition) is 2. The van der Waals surface area contributed by atoms with Gasteiger partial charge in [0.1, 0.15) is 9.84 Å². The minimum Gasteiger partial charge on any atom is -0.356 e. The summed E-state index contributed by atoms with van der Waals surface area (Å²) >= 11 is 0. The van der Waals surface area contributed by atoms with Gasteiger partial charge in [-0.05, 0) is 31.7 Å². The molecule has 1 unspecified atom stereocenters. The lowest BCUT2D eigenvalue weighted by Crippen LogP contribution is -2.43. The van der Waals surface area contributed by atoms with E-state index in [9.17, 15) is 8.42 Å². The summed E-state index contributed by atoms with van der Waals surface area (Å²) < 4.78 is 22.3. The third kappa shape index (κ3) is 8.67. The van der Waals surface area contributed by atoms with Gasteiger partial charge in [-0.15, -0.1) is 0 Å². The number of sulfone groups is 1. The Kier molecular flexibility index (Phi) is 7.95. The van der Waals surface area contributed by atoms with Crippen LogP contribution in [0.4, 0.5) is 0 Å². The Balaban J connectivity index is 2.25. The van der Waals surface area contributed by atoms with E-state index in [0.717, 1.165) is 19.4 Å². The first-order valence-corrected chi connectivity index (χ1v) is 9.65. The zero-order chi connectivity index (χ0) is 16.4. The average molecular weight is 325 g/mol. The first-order valence-electron chi connectivity index (χ1n) is 7.59. The maximum atomic E-state index is 11.2. The number of nitrogens with zero attached hydrogens (tertiary/aromatic N) is 1. The molecule has 2 N–H and O–H groups in total. The van der Waals surface area contributed by atoms with Crippen molar-refractivity contribution in [3.05, 3.63) is 35.9 Å². The highest BCUT2D eigenvalue weighted by Gasteiger charge is 2.09. The topological polar surface area (TPSA) is 70.6 Å². The van der Waals surface area contributed by atoms with Crippen molar-refractivity contribution in [1.29, 1.82) is 0 Å². The molecule has 1 aromatic carbocycles. The van der Waals surface area contributed by atoms with Gasteiger partial charge in [0.15, 0.2) is 5.96 Å². The highest BCUT2D eigenvalue weighted by molar-refractivity contribution is 7.90. The highest BCUT2D eigenvalue weighted by atomic mass is 32.2. The molecule has 0 saturated carbocycles. The lowest BCUT2D eigenvalue weighted by Gasteiger charge is -2.17. The average Bonchev–Trinajstić information content (AvgIpc) is 2.48. The molecule has 22 heavy (non-hydrogen) atoms. The van der Waals surface area contributed by atoms with E-state index in [0.29, 0.717) is 12.4 Å². The predicted octanol–water partition coefficient (Wildman–Crippen LogP) is 1.61. The van der Waals surface area contributed by atoms with Gasteiger partial charge in [0.25, 0.3) is 0 Å². The lowest BCUT2D eigenvalue weighted by atomic mass is 10.1. The van der Waals surface area contributed by atoms with Crippen LogP contribution in [0.1, 0.15) is 25.3 Å². The van der Waals surface area contributed by atoms with Crippen molar-refractivity contribution < 1.29 is 8.42 Å². The molecule has 0 bridgehead atoms. The largest absolute Gasteiger partial charge is 0.356 e. The predicted molar refractivity (Wildman–Crippen MR) is 93.1 cm³/mol. The Morgan fingerprint density at radius 1 is 1.27 bits per heavy atom. The Morgan fingerprint density at radius 2 is 1.95 bits per heavy atom. The number of benzene rings is 1. The molecule has 0 radical (unpaired) electrons. The van der Waals surface area contributed by atoms with Gasteiger partial charge < -0.3 is 10.6 Å². The molecule has 5 nitrogen and oxygen atoms in total. The molecule has 0 amide bonds. The van der Waals surface area contributed by atoms with E-state index in [4.69, 9.17) is 0 Å². The summed E-state index contributed by atoms with van der Waals surface area (Å²) in [5, 5.41) is 6.47. The van der Waals surface area contributed by atoms with Crippen LogP contribution in [0.25, 0.3) is 0 Å². The van der Waals surface area contributed by atoms with Crippen LogP contribution < -0.4 is 10.6 Å².